The molecule has 1 aliphatic rings. The molecule has 0 radical (unpaired) electrons. The molecule has 3 nitrogen and oxygen atoms in total. The van der Waals surface area contributed by atoms with Crippen molar-refractivity contribution in [3.63, 3.8) is 0 Å². The van der Waals surface area contributed by atoms with Gasteiger partial charge >= 0.3 is 0 Å². The second-order valence-electron chi connectivity index (χ2n) is 4.76. The van der Waals surface area contributed by atoms with Gasteiger partial charge in [0.05, 0.1) is 11.8 Å². The van der Waals surface area contributed by atoms with E-state index in [9.17, 15) is 4.79 Å². The predicted octanol–water partition coefficient (Wildman–Crippen LogP) is 3.56. The van der Waals surface area contributed by atoms with Crippen LogP contribution in [0.4, 0.5) is 0 Å². The fraction of sp³-hybridized carbons (Fsp3) is 0.267. The topological polar surface area (TPSA) is 33.5 Å². The number of rotatable bonds is 2. The third-order valence-electron chi connectivity index (χ3n) is 3.59. The molecule has 1 saturated heterocycles. The van der Waals surface area contributed by atoms with Gasteiger partial charge in [-0.25, -0.2) is 0 Å². The molecule has 1 atom stereocenters. The Hall–Kier alpha value is -1.74. The van der Waals surface area contributed by atoms with Crippen LogP contribution < -0.4 is 0 Å². The van der Waals surface area contributed by atoms with E-state index in [0.29, 0.717) is 11.5 Å². The minimum atomic E-state index is -0.0443. The predicted molar refractivity (Wildman–Crippen MR) is 73.4 cm³/mol. The summed E-state index contributed by atoms with van der Waals surface area (Å²) < 4.78 is 4.97. The highest BCUT2D eigenvalue weighted by atomic mass is 35.5. The average Bonchev–Trinajstić information content (AvgIpc) is 3.08. The van der Waals surface area contributed by atoms with Gasteiger partial charge in [-0.3, -0.25) is 4.79 Å². The molecule has 0 aliphatic carbocycles. The van der Waals surface area contributed by atoms with Crippen LogP contribution >= 0.6 is 11.6 Å². The van der Waals surface area contributed by atoms with Gasteiger partial charge in [-0.1, -0.05) is 30.3 Å². The Morgan fingerprint density at radius 3 is 2.74 bits per heavy atom. The van der Waals surface area contributed by atoms with Crippen LogP contribution in [0.5, 0.6) is 0 Å². The third kappa shape index (κ3) is 2.38. The molecule has 1 unspecified atom stereocenters. The number of nitrogens with zero attached hydrogens (tertiary/aromatic N) is 1. The van der Waals surface area contributed by atoms with Gasteiger partial charge < -0.3 is 9.32 Å². The number of benzene rings is 1. The van der Waals surface area contributed by atoms with E-state index in [4.69, 9.17) is 16.0 Å². The van der Waals surface area contributed by atoms with Crippen LogP contribution in [-0.4, -0.2) is 23.9 Å². The second kappa shape index (κ2) is 5.10. The SMILES string of the molecule is O=C(c1ccoc1Cl)N1CCC(c2ccccc2)C1. The highest BCUT2D eigenvalue weighted by Gasteiger charge is 2.29. The zero-order valence-electron chi connectivity index (χ0n) is 10.4. The Balaban J connectivity index is 1.73. The average molecular weight is 276 g/mol. The quantitative estimate of drug-likeness (QED) is 0.840. The molecule has 4 heteroatoms. The highest BCUT2D eigenvalue weighted by Crippen LogP contribution is 2.29. The van der Waals surface area contributed by atoms with Gasteiger partial charge in [0.1, 0.15) is 0 Å². The molecule has 1 aromatic carbocycles. The number of likely N-dealkylation sites (tertiary alicyclic amines) is 1. The van der Waals surface area contributed by atoms with Crippen molar-refractivity contribution < 1.29 is 9.21 Å². The molecule has 98 valence electrons. The van der Waals surface area contributed by atoms with Crippen molar-refractivity contribution >= 4 is 17.5 Å². The van der Waals surface area contributed by atoms with E-state index < -0.39 is 0 Å². The maximum atomic E-state index is 12.3. The number of furan rings is 1. The molecule has 19 heavy (non-hydrogen) atoms. The molecule has 2 aromatic rings. The van der Waals surface area contributed by atoms with Crippen molar-refractivity contribution in [2.75, 3.05) is 13.1 Å². The Bertz CT molecular complexity index is 579. The van der Waals surface area contributed by atoms with Crippen LogP contribution in [0.1, 0.15) is 28.3 Å². The van der Waals surface area contributed by atoms with Crippen molar-refractivity contribution in [1.82, 2.24) is 4.90 Å². The standard InChI is InChI=1S/C15H14ClNO2/c16-14-13(7-9-19-14)15(18)17-8-6-12(10-17)11-4-2-1-3-5-11/h1-5,7,9,12H,6,8,10H2. The summed E-state index contributed by atoms with van der Waals surface area (Å²) in [5.74, 6) is 0.369. The van der Waals surface area contributed by atoms with Crippen LogP contribution in [0, 0.1) is 0 Å². The minimum absolute atomic E-state index is 0.0443. The van der Waals surface area contributed by atoms with Gasteiger partial charge in [-0.15, -0.1) is 0 Å². The van der Waals surface area contributed by atoms with Crippen molar-refractivity contribution in [2.45, 2.75) is 12.3 Å². The van der Waals surface area contributed by atoms with E-state index in [1.165, 1.54) is 11.8 Å². The summed E-state index contributed by atoms with van der Waals surface area (Å²) in [5, 5.41) is 0.174. The third-order valence-corrected chi connectivity index (χ3v) is 3.89. The Morgan fingerprint density at radius 1 is 1.26 bits per heavy atom. The monoisotopic (exact) mass is 275 g/mol. The van der Waals surface area contributed by atoms with Crippen molar-refractivity contribution in [3.05, 3.63) is 59.0 Å². The maximum absolute atomic E-state index is 12.3. The maximum Gasteiger partial charge on any atom is 0.258 e. The van der Waals surface area contributed by atoms with Crippen LogP contribution in [0.2, 0.25) is 5.22 Å². The van der Waals surface area contributed by atoms with E-state index in [-0.39, 0.29) is 11.1 Å². The van der Waals surface area contributed by atoms with Crippen LogP contribution in [-0.2, 0) is 0 Å². The molecule has 2 heterocycles. The molecule has 1 fully saturated rings. The smallest absolute Gasteiger partial charge is 0.258 e. The van der Waals surface area contributed by atoms with E-state index in [1.54, 1.807) is 6.07 Å². The number of hydrogen-bond acceptors (Lipinski definition) is 2. The summed E-state index contributed by atoms with van der Waals surface area (Å²) in [6, 6.07) is 11.9. The fourth-order valence-electron chi connectivity index (χ4n) is 2.56. The molecule has 0 bridgehead atoms. The van der Waals surface area contributed by atoms with Gasteiger partial charge in [-0.2, -0.15) is 0 Å². The van der Waals surface area contributed by atoms with E-state index in [1.807, 2.05) is 23.1 Å². The first-order valence-electron chi connectivity index (χ1n) is 6.33. The fourth-order valence-corrected chi connectivity index (χ4v) is 2.75. The van der Waals surface area contributed by atoms with Crippen LogP contribution in [0.15, 0.2) is 47.1 Å². The molecule has 0 N–H and O–H groups in total. The molecule has 0 spiro atoms. The van der Waals surface area contributed by atoms with Gasteiger partial charge in [0.2, 0.25) is 5.22 Å². The first kappa shape index (κ1) is 12.3. The lowest BCUT2D eigenvalue weighted by molar-refractivity contribution is 0.0790. The zero-order chi connectivity index (χ0) is 13.2. The van der Waals surface area contributed by atoms with Crippen LogP contribution in [0.3, 0.4) is 0 Å². The summed E-state index contributed by atoms with van der Waals surface area (Å²) >= 11 is 5.85. The number of hydrogen-bond donors (Lipinski definition) is 0. The van der Waals surface area contributed by atoms with Crippen molar-refractivity contribution in [1.29, 1.82) is 0 Å². The van der Waals surface area contributed by atoms with E-state index in [2.05, 4.69) is 12.1 Å². The molecule has 1 aliphatic heterocycles. The minimum Gasteiger partial charge on any atom is -0.452 e. The first-order valence-corrected chi connectivity index (χ1v) is 6.70. The number of amides is 1. The Labute approximate surface area is 116 Å². The first-order chi connectivity index (χ1) is 9.25. The summed E-state index contributed by atoms with van der Waals surface area (Å²) in [7, 11) is 0. The van der Waals surface area contributed by atoms with Crippen LogP contribution in [0.25, 0.3) is 0 Å². The lowest BCUT2D eigenvalue weighted by atomic mass is 9.99. The molecule has 0 saturated carbocycles. The number of carbonyl (C=O) groups is 1. The summed E-state index contributed by atoms with van der Waals surface area (Å²) in [6.45, 7) is 1.50. The highest BCUT2D eigenvalue weighted by molar-refractivity contribution is 6.32. The van der Waals surface area contributed by atoms with Crippen molar-refractivity contribution in [3.8, 4) is 0 Å². The lowest BCUT2D eigenvalue weighted by Gasteiger charge is -2.16. The van der Waals surface area contributed by atoms with Gasteiger partial charge in [0.15, 0.2) is 0 Å². The van der Waals surface area contributed by atoms with Gasteiger partial charge in [-0.05, 0) is 29.7 Å². The van der Waals surface area contributed by atoms with E-state index >= 15 is 0 Å². The molecule has 3 rings (SSSR count). The van der Waals surface area contributed by atoms with Crippen molar-refractivity contribution in [2.24, 2.45) is 0 Å². The number of carbonyl (C=O) groups excluding carboxylic acids is 1. The second-order valence-corrected chi connectivity index (χ2v) is 5.10. The molecular formula is C15H14ClNO2. The lowest BCUT2D eigenvalue weighted by Crippen LogP contribution is -2.28. The largest absolute Gasteiger partial charge is 0.452 e. The van der Waals surface area contributed by atoms with E-state index in [0.717, 1.165) is 19.5 Å². The summed E-state index contributed by atoms with van der Waals surface area (Å²) in [4.78, 5) is 14.1. The molecule has 1 aromatic heterocycles. The Kier molecular flexibility index (Phi) is 3.30. The molecular weight excluding hydrogens is 262 g/mol. The number of halogens is 1. The van der Waals surface area contributed by atoms with Gasteiger partial charge in [0.25, 0.3) is 5.91 Å². The Morgan fingerprint density at radius 2 is 2.05 bits per heavy atom. The summed E-state index contributed by atoms with van der Waals surface area (Å²) in [5.41, 5.74) is 1.74. The molecule has 1 amide bonds. The normalized spacial score (nSPS) is 18.8. The summed E-state index contributed by atoms with van der Waals surface area (Å²) in [6.07, 6.45) is 2.44. The van der Waals surface area contributed by atoms with Gasteiger partial charge in [0, 0.05) is 19.0 Å². The zero-order valence-corrected chi connectivity index (χ0v) is 11.1.